The minimum Gasteiger partial charge on any atom is -0.480 e. The van der Waals surface area contributed by atoms with Gasteiger partial charge in [-0.25, -0.2) is 4.79 Å². The van der Waals surface area contributed by atoms with Gasteiger partial charge in [0.15, 0.2) is 0 Å². The van der Waals surface area contributed by atoms with Crippen LogP contribution < -0.4 is 0 Å². The van der Waals surface area contributed by atoms with Gasteiger partial charge >= 0.3 is 5.97 Å². The zero-order chi connectivity index (χ0) is 13.1. The highest BCUT2D eigenvalue weighted by Gasteiger charge is 2.34. The molecule has 0 aromatic carbocycles. The summed E-state index contributed by atoms with van der Waals surface area (Å²) in [5.74, 6) is -0.844. The Labute approximate surface area is 108 Å². The lowest BCUT2D eigenvalue weighted by atomic mass is 10.0. The van der Waals surface area contributed by atoms with E-state index in [2.05, 4.69) is 4.90 Å². The fraction of sp³-hybridized carbons (Fsp3) is 0.846. The maximum Gasteiger partial charge on any atom is 0.326 e. The Morgan fingerprint density at radius 2 is 1.94 bits per heavy atom. The first-order valence-corrected chi connectivity index (χ1v) is 6.82. The van der Waals surface area contributed by atoms with Crippen LogP contribution in [0.2, 0.25) is 0 Å². The highest BCUT2D eigenvalue weighted by atomic mass is 16.4. The summed E-state index contributed by atoms with van der Waals surface area (Å²) in [6.07, 6.45) is 5.09. The summed E-state index contributed by atoms with van der Waals surface area (Å²) in [4.78, 5) is 27.2. The van der Waals surface area contributed by atoms with E-state index in [4.69, 9.17) is 5.11 Å². The van der Waals surface area contributed by atoms with Gasteiger partial charge in [-0.2, -0.15) is 0 Å². The number of likely N-dealkylation sites (tertiary alicyclic amines) is 2. The lowest BCUT2D eigenvalue weighted by Crippen LogP contribution is -2.49. The molecule has 0 bridgehead atoms. The Balaban J connectivity index is 1.95. The number of hydrogen-bond acceptors (Lipinski definition) is 3. The third-order valence-electron chi connectivity index (χ3n) is 4.19. The molecule has 0 aromatic rings. The lowest BCUT2D eigenvalue weighted by molar-refractivity contribution is -0.152. The van der Waals surface area contributed by atoms with Gasteiger partial charge in [0.2, 0.25) is 5.91 Å². The number of piperidine rings is 1. The molecule has 1 unspecified atom stereocenters. The van der Waals surface area contributed by atoms with Gasteiger partial charge < -0.3 is 14.9 Å². The normalized spacial score (nSPS) is 29.5. The number of carbonyl (C=O) groups excluding carboxylic acids is 1. The van der Waals surface area contributed by atoms with Gasteiger partial charge in [0.1, 0.15) is 6.04 Å². The molecule has 5 heteroatoms. The highest BCUT2D eigenvalue weighted by molar-refractivity contribution is 5.84. The Morgan fingerprint density at radius 1 is 1.17 bits per heavy atom. The van der Waals surface area contributed by atoms with Crippen molar-refractivity contribution in [2.45, 2.75) is 50.6 Å². The molecule has 0 aromatic heterocycles. The van der Waals surface area contributed by atoms with Gasteiger partial charge in [0, 0.05) is 19.0 Å². The predicted octanol–water partition coefficient (Wildman–Crippen LogP) is 0.936. The van der Waals surface area contributed by atoms with Crippen molar-refractivity contribution in [1.29, 1.82) is 0 Å². The van der Waals surface area contributed by atoms with Crippen LogP contribution in [0.25, 0.3) is 0 Å². The van der Waals surface area contributed by atoms with Gasteiger partial charge in [-0.3, -0.25) is 4.79 Å². The number of carboxylic acids is 1. The van der Waals surface area contributed by atoms with E-state index in [1.165, 1.54) is 0 Å². The van der Waals surface area contributed by atoms with Crippen LogP contribution in [0.1, 0.15) is 38.5 Å². The first-order chi connectivity index (χ1) is 8.59. The van der Waals surface area contributed by atoms with Gasteiger partial charge in [-0.15, -0.1) is 0 Å². The molecular weight excluding hydrogens is 232 g/mol. The summed E-state index contributed by atoms with van der Waals surface area (Å²) in [7, 11) is 2.04. The van der Waals surface area contributed by atoms with Crippen LogP contribution >= 0.6 is 0 Å². The van der Waals surface area contributed by atoms with Crippen LogP contribution in [0.4, 0.5) is 0 Å². The van der Waals surface area contributed by atoms with Crippen molar-refractivity contribution in [2.75, 3.05) is 20.1 Å². The molecule has 0 radical (unpaired) electrons. The van der Waals surface area contributed by atoms with Crippen molar-refractivity contribution in [3.63, 3.8) is 0 Å². The summed E-state index contributed by atoms with van der Waals surface area (Å²) >= 11 is 0. The molecule has 0 aliphatic carbocycles. The second-order valence-corrected chi connectivity index (χ2v) is 5.42. The van der Waals surface area contributed by atoms with E-state index in [9.17, 15) is 9.59 Å². The minimum absolute atomic E-state index is 0.0147. The predicted molar refractivity (Wildman–Crippen MR) is 67.3 cm³/mol. The van der Waals surface area contributed by atoms with Crippen LogP contribution in [0.15, 0.2) is 0 Å². The van der Waals surface area contributed by atoms with Gasteiger partial charge in [-0.05, 0) is 45.7 Å². The molecule has 18 heavy (non-hydrogen) atoms. The van der Waals surface area contributed by atoms with Crippen molar-refractivity contribution in [1.82, 2.24) is 9.80 Å². The zero-order valence-electron chi connectivity index (χ0n) is 11.0. The molecule has 5 nitrogen and oxygen atoms in total. The number of nitrogens with zero attached hydrogens (tertiary/aromatic N) is 2. The molecule has 1 amide bonds. The Morgan fingerprint density at radius 3 is 2.56 bits per heavy atom. The number of aliphatic carboxylic acids is 1. The second-order valence-electron chi connectivity index (χ2n) is 5.42. The summed E-state index contributed by atoms with van der Waals surface area (Å²) in [6.45, 7) is 1.65. The standard InChI is InChI=1S/C13H22N2O3/c1-14-7-4-5-10(14)9-12(16)15-8-3-2-6-11(15)13(17)18/h10-11H,2-9H2,1H3,(H,17,18)/t10-,11?/m0/s1. The van der Waals surface area contributed by atoms with Crippen molar-refractivity contribution in [3.8, 4) is 0 Å². The molecule has 2 aliphatic rings. The summed E-state index contributed by atoms with van der Waals surface area (Å²) < 4.78 is 0. The average Bonchev–Trinajstić information content (AvgIpc) is 2.75. The summed E-state index contributed by atoms with van der Waals surface area (Å²) in [6, 6.07) is -0.299. The van der Waals surface area contributed by atoms with Crippen molar-refractivity contribution < 1.29 is 14.7 Å². The molecular formula is C13H22N2O3. The maximum absolute atomic E-state index is 12.3. The number of rotatable bonds is 3. The topological polar surface area (TPSA) is 60.9 Å². The molecule has 2 saturated heterocycles. The monoisotopic (exact) mass is 254 g/mol. The lowest BCUT2D eigenvalue weighted by Gasteiger charge is -2.34. The van der Waals surface area contributed by atoms with E-state index in [0.717, 1.165) is 32.2 Å². The van der Waals surface area contributed by atoms with E-state index < -0.39 is 12.0 Å². The molecule has 102 valence electrons. The van der Waals surface area contributed by atoms with E-state index in [0.29, 0.717) is 25.4 Å². The fourth-order valence-corrected chi connectivity index (χ4v) is 3.04. The van der Waals surface area contributed by atoms with Crippen LogP contribution in [0.3, 0.4) is 0 Å². The molecule has 2 heterocycles. The smallest absolute Gasteiger partial charge is 0.326 e. The molecule has 2 rings (SSSR count). The second kappa shape index (κ2) is 5.69. The van der Waals surface area contributed by atoms with Crippen LogP contribution in [0.5, 0.6) is 0 Å². The Hall–Kier alpha value is -1.10. The summed E-state index contributed by atoms with van der Waals surface area (Å²) in [5.41, 5.74) is 0. The van der Waals surface area contributed by atoms with Crippen LogP contribution in [-0.4, -0.2) is 59.0 Å². The van der Waals surface area contributed by atoms with E-state index in [-0.39, 0.29) is 5.91 Å². The average molecular weight is 254 g/mol. The number of carbonyl (C=O) groups is 2. The fourth-order valence-electron chi connectivity index (χ4n) is 3.04. The molecule has 0 saturated carbocycles. The molecule has 0 spiro atoms. The summed E-state index contributed by atoms with van der Waals surface area (Å²) in [5, 5.41) is 9.17. The SMILES string of the molecule is CN1CCC[C@H]1CC(=O)N1CCCCC1C(=O)O. The zero-order valence-corrected chi connectivity index (χ0v) is 11.0. The van der Waals surface area contributed by atoms with Crippen molar-refractivity contribution in [2.24, 2.45) is 0 Å². The van der Waals surface area contributed by atoms with Crippen LogP contribution in [-0.2, 0) is 9.59 Å². The van der Waals surface area contributed by atoms with E-state index in [1.807, 2.05) is 7.05 Å². The van der Waals surface area contributed by atoms with Crippen LogP contribution in [0, 0.1) is 0 Å². The number of carboxylic acid groups (broad SMARTS) is 1. The maximum atomic E-state index is 12.3. The highest BCUT2D eigenvalue weighted by Crippen LogP contribution is 2.22. The van der Waals surface area contributed by atoms with Gasteiger partial charge in [-0.1, -0.05) is 0 Å². The first kappa shape index (κ1) is 13.3. The largest absolute Gasteiger partial charge is 0.480 e. The van der Waals surface area contributed by atoms with Gasteiger partial charge in [0.05, 0.1) is 0 Å². The minimum atomic E-state index is -0.858. The van der Waals surface area contributed by atoms with E-state index >= 15 is 0 Å². The third-order valence-corrected chi connectivity index (χ3v) is 4.19. The van der Waals surface area contributed by atoms with Crippen molar-refractivity contribution in [3.05, 3.63) is 0 Å². The first-order valence-electron chi connectivity index (χ1n) is 6.82. The molecule has 2 atom stereocenters. The molecule has 2 aliphatic heterocycles. The van der Waals surface area contributed by atoms with E-state index in [1.54, 1.807) is 4.90 Å². The number of amides is 1. The third kappa shape index (κ3) is 2.83. The van der Waals surface area contributed by atoms with Crippen molar-refractivity contribution >= 4 is 11.9 Å². The molecule has 2 fully saturated rings. The Kier molecular flexibility index (Phi) is 4.22. The molecule has 1 N–H and O–H groups in total. The quantitative estimate of drug-likeness (QED) is 0.814. The Bertz CT molecular complexity index is 332. The number of hydrogen-bond donors (Lipinski definition) is 1. The van der Waals surface area contributed by atoms with Gasteiger partial charge in [0.25, 0.3) is 0 Å².